The van der Waals surface area contributed by atoms with Crippen LogP contribution in [0.4, 0.5) is 0 Å². The Morgan fingerprint density at radius 3 is 2.38 bits per heavy atom. The molecule has 1 aliphatic rings. The third-order valence-corrected chi connectivity index (χ3v) is 3.09. The maximum atomic E-state index is 9.14. The third-order valence-electron chi connectivity index (χ3n) is 3.09. The lowest BCUT2D eigenvalue weighted by Crippen LogP contribution is -2.38. The van der Waals surface area contributed by atoms with Gasteiger partial charge < -0.3 is 10.4 Å². The van der Waals surface area contributed by atoms with Gasteiger partial charge in [-0.2, -0.15) is 0 Å². The minimum absolute atomic E-state index is 0.217. The molecule has 0 saturated heterocycles. The highest BCUT2D eigenvalue weighted by atomic mass is 16.3. The van der Waals surface area contributed by atoms with Gasteiger partial charge in [0.15, 0.2) is 0 Å². The molecule has 2 heteroatoms. The van der Waals surface area contributed by atoms with Crippen molar-refractivity contribution in [3.8, 4) is 0 Å². The minimum atomic E-state index is -0.217. The summed E-state index contributed by atoms with van der Waals surface area (Å²) < 4.78 is 0. The van der Waals surface area contributed by atoms with Gasteiger partial charge in [0.2, 0.25) is 0 Å². The lowest BCUT2D eigenvalue weighted by Gasteiger charge is -2.28. The highest BCUT2D eigenvalue weighted by Crippen LogP contribution is 2.26. The average molecular weight is 185 g/mol. The normalized spacial score (nSPS) is 24.2. The predicted molar refractivity (Wildman–Crippen MR) is 55.7 cm³/mol. The van der Waals surface area contributed by atoms with Crippen LogP contribution < -0.4 is 5.32 Å². The first-order chi connectivity index (χ1) is 6.20. The van der Waals surface area contributed by atoms with E-state index in [9.17, 15) is 0 Å². The van der Waals surface area contributed by atoms with Crippen LogP contribution in [0.5, 0.6) is 0 Å². The zero-order chi connectivity index (χ0) is 9.68. The standard InChI is InChI=1S/C11H23NO/c1-9(13)8-12-10(2)11-6-4-3-5-7-11/h9-13H,3-8H2,1-2H3/t9-,10?/m1/s1. The summed E-state index contributed by atoms with van der Waals surface area (Å²) in [4.78, 5) is 0. The van der Waals surface area contributed by atoms with E-state index in [4.69, 9.17) is 5.11 Å². The van der Waals surface area contributed by atoms with E-state index >= 15 is 0 Å². The first kappa shape index (κ1) is 11.0. The van der Waals surface area contributed by atoms with Crippen LogP contribution in [0.2, 0.25) is 0 Å². The number of hydrogen-bond acceptors (Lipinski definition) is 2. The van der Waals surface area contributed by atoms with Crippen molar-refractivity contribution in [2.45, 2.75) is 58.1 Å². The molecule has 2 atom stereocenters. The van der Waals surface area contributed by atoms with E-state index < -0.39 is 0 Å². The van der Waals surface area contributed by atoms with Gasteiger partial charge in [-0.15, -0.1) is 0 Å². The van der Waals surface area contributed by atoms with Crippen molar-refractivity contribution in [1.82, 2.24) is 5.32 Å². The molecule has 0 aromatic heterocycles. The monoisotopic (exact) mass is 185 g/mol. The molecular formula is C11H23NO. The molecule has 1 fully saturated rings. The fourth-order valence-corrected chi connectivity index (χ4v) is 2.16. The molecule has 78 valence electrons. The zero-order valence-electron chi connectivity index (χ0n) is 8.92. The van der Waals surface area contributed by atoms with Gasteiger partial charge in [-0.1, -0.05) is 19.3 Å². The van der Waals surface area contributed by atoms with Gasteiger partial charge in [0.25, 0.3) is 0 Å². The summed E-state index contributed by atoms with van der Waals surface area (Å²) in [7, 11) is 0. The van der Waals surface area contributed by atoms with Crippen LogP contribution in [0.25, 0.3) is 0 Å². The molecule has 0 aliphatic heterocycles. The van der Waals surface area contributed by atoms with E-state index in [1.165, 1.54) is 32.1 Å². The Morgan fingerprint density at radius 1 is 1.23 bits per heavy atom. The molecule has 1 aliphatic carbocycles. The van der Waals surface area contributed by atoms with Crippen LogP contribution in [-0.4, -0.2) is 23.8 Å². The van der Waals surface area contributed by atoms with Crippen molar-refractivity contribution >= 4 is 0 Å². The van der Waals surface area contributed by atoms with Crippen molar-refractivity contribution < 1.29 is 5.11 Å². The second-order valence-corrected chi connectivity index (χ2v) is 4.44. The van der Waals surface area contributed by atoms with Crippen LogP contribution in [-0.2, 0) is 0 Å². The Balaban J connectivity index is 2.17. The summed E-state index contributed by atoms with van der Waals surface area (Å²) in [6.45, 7) is 4.82. The summed E-state index contributed by atoms with van der Waals surface area (Å²) >= 11 is 0. The van der Waals surface area contributed by atoms with Crippen LogP contribution >= 0.6 is 0 Å². The highest BCUT2D eigenvalue weighted by molar-refractivity contribution is 4.76. The molecule has 0 bridgehead atoms. The van der Waals surface area contributed by atoms with Gasteiger partial charge in [0.05, 0.1) is 6.10 Å². The first-order valence-corrected chi connectivity index (χ1v) is 5.61. The number of nitrogens with one attached hydrogen (secondary N) is 1. The highest BCUT2D eigenvalue weighted by Gasteiger charge is 2.19. The van der Waals surface area contributed by atoms with E-state index in [-0.39, 0.29) is 6.10 Å². The topological polar surface area (TPSA) is 32.3 Å². The fourth-order valence-electron chi connectivity index (χ4n) is 2.16. The van der Waals surface area contributed by atoms with E-state index in [1.807, 2.05) is 6.92 Å². The number of aliphatic hydroxyl groups is 1. The summed E-state index contributed by atoms with van der Waals surface area (Å²) in [5.74, 6) is 0.840. The van der Waals surface area contributed by atoms with Crippen molar-refractivity contribution in [1.29, 1.82) is 0 Å². The zero-order valence-corrected chi connectivity index (χ0v) is 8.92. The summed E-state index contributed by atoms with van der Waals surface area (Å²) in [6, 6.07) is 0.579. The number of aliphatic hydroxyl groups excluding tert-OH is 1. The van der Waals surface area contributed by atoms with Crippen molar-refractivity contribution in [3.63, 3.8) is 0 Å². The molecule has 1 saturated carbocycles. The molecule has 1 rings (SSSR count). The van der Waals surface area contributed by atoms with Crippen LogP contribution in [0, 0.1) is 5.92 Å². The largest absolute Gasteiger partial charge is 0.392 e. The van der Waals surface area contributed by atoms with Gasteiger partial charge >= 0.3 is 0 Å². The van der Waals surface area contributed by atoms with Gasteiger partial charge in [0.1, 0.15) is 0 Å². The third kappa shape index (κ3) is 4.10. The quantitative estimate of drug-likeness (QED) is 0.701. The smallest absolute Gasteiger partial charge is 0.0636 e. The van der Waals surface area contributed by atoms with Gasteiger partial charge in [-0.3, -0.25) is 0 Å². The van der Waals surface area contributed by atoms with E-state index in [2.05, 4.69) is 12.2 Å². The van der Waals surface area contributed by atoms with Crippen LogP contribution in [0.1, 0.15) is 46.0 Å². The van der Waals surface area contributed by atoms with Gasteiger partial charge in [-0.05, 0) is 32.6 Å². The first-order valence-electron chi connectivity index (χ1n) is 5.61. The Kier molecular flexibility index (Phi) is 4.74. The average Bonchev–Trinajstić information content (AvgIpc) is 2.15. The summed E-state index contributed by atoms with van der Waals surface area (Å²) in [5, 5.41) is 12.5. The summed E-state index contributed by atoms with van der Waals surface area (Å²) in [5.41, 5.74) is 0. The molecule has 2 nitrogen and oxygen atoms in total. The SMILES string of the molecule is CC(NC[C@@H](C)O)C1CCCCC1. The molecule has 0 aromatic rings. The fraction of sp³-hybridized carbons (Fsp3) is 1.00. The Bertz CT molecular complexity index is 130. The molecule has 0 aromatic carbocycles. The van der Waals surface area contributed by atoms with Crippen molar-refractivity contribution in [2.24, 2.45) is 5.92 Å². The van der Waals surface area contributed by atoms with Crippen LogP contribution in [0.3, 0.4) is 0 Å². The van der Waals surface area contributed by atoms with Crippen LogP contribution in [0.15, 0.2) is 0 Å². The Labute approximate surface area is 81.7 Å². The maximum Gasteiger partial charge on any atom is 0.0636 e. The molecule has 2 N–H and O–H groups in total. The van der Waals surface area contributed by atoms with Gasteiger partial charge in [-0.25, -0.2) is 0 Å². The lowest BCUT2D eigenvalue weighted by molar-refractivity contribution is 0.175. The van der Waals surface area contributed by atoms with Crippen molar-refractivity contribution in [2.75, 3.05) is 6.54 Å². The predicted octanol–water partition coefficient (Wildman–Crippen LogP) is 1.93. The number of hydrogen-bond donors (Lipinski definition) is 2. The lowest BCUT2D eigenvalue weighted by atomic mass is 9.84. The van der Waals surface area contributed by atoms with E-state index in [0.717, 1.165) is 12.5 Å². The molecule has 13 heavy (non-hydrogen) atoms. The molecule has 0 spiro atoms. The summed E-state index contributed by atoms with van der Waals surface area (Å²) in [6.07, 6.45) is 6.73. The molecule has 0 heterocycles. The van der Waals surface area contributed by atoms with E-state index in [0.29, 0.717) is 6.04 Å². The molecule has 1 unspecified atom stereocenters. The molecular weight excluding hydrogens is 162 g/mol. The second-order valence-electron chi connectivity index (χ2n) is 4.44. The van der Waals surface area contributed by atoms with Crippen molar-refractivity contribution in [3.05, 3.63) is 0 Å². The Hall–Kier alpha value is -0.0800. The maximum absolute atomic E-state index is 9.14. The van der Waals surface area contributed by atoms with E-state index in [1.54, 1.807) is 0 Å². The molecule has 0 radical (unpaired) electrons. The molecule has 0 amide bonds. The Morgan fingerprint density at radius 2 is 1.85 bits per heavy atom. The second kappa shape index (κ2) is 5.61. The minimum Gasteiger partial charge on any atom is -0.392 e. The van der Waals surface area contributed by atoms with Gasteiger partial charge in [0, 0.05) is 12.6 Å². The number of rotatable bonds is 4.